The number of halogens is 3. The third kappa shape index (κ3) is 8.24. The van der Waals surface area contributed by atoms with Crippen LogP contribution in [0.4, 0.5) is 13.2 Å². The lowest BCUT2D eigenvalue weighted by Crippen LogP contribution is -2.59. The Labute approximate surface area is 360 Å². The number of hydrogen-bond acceptors (Lipinski definition) is 12. The Morgan fingerprint density at radius 3 is 2.45 bits per heavy atom. The Kier molecular flexibility index (Phi) is 11.0. The molecule has 0 spiro atoms. The number of para-hydroxylation sites is 1. The summed E-state index contributed by atoms with van der Waals surface area (Å²) in [4.78, 5) is 58.9. The number of aromatic nitrogens is 2. The molecule has 2 aliphatic heterocycles. The Morgan fingerprint density at radius 2 is 1.79 bits per heavy atom. The molecule has 3 aliphatic carbocycles. The predicted octanol–water partition coefficient (Wildman–Crippen LogP) is 6.11. The van der Waals surface area contributed by atoms with Gasteiger partial charge in [0.25, 0.3) is 11.8 Å². The van der Waals surface area contributed by atoms with Gasteiger partial charge in [-0.2, -0.15) is 18.2 Å². The fourth-order valence-corrected chi connectivity index (χ4v) is 11.2. The Morgan fingerprint density at radius 1 is 1.05 bits per heavy atom. The van der Waals surface area contributed by atoms with Gasteiger partial charge in [0.2, 0.25) is 27.4 Å². The molecule has 2 aromatic carbocycles. The number of fused-ring (bicyclic) bond motifs is 3. The van der Waals surface area contributed by atoms with Crippen molar-refractivity contribution in [3.63, 3.8) is 0 Å². The highest BCUT2D eigenvalue weighted by Gasteiger charge is 2.62. The zero-order chi connectivity index (χ0) is 43.6. The molecule has 0 radical (unpaired) electrons. The monoisotopic (exact) mass is 893 g/mol. The summed E-state index contributed by atoms with van der Waals surface area (Å²) in [7, 11) is -3.95. The van der Waals surface area contributed by atoms with Gasteiger partial charge in [-0.25, -0.2) is 13.4 Å². The number of amidine groups is 1. The van der Waals surface area contributed by atoms with Crippen LogP contribution in [0.1, 0.15) is 70.3 Å². The molecule has 4 fully saturated rings. The number of carbonyl (C=O) groups is 3. The van der Waals surface area contributed by atoms with Crippen LogP contribution in [0.3, 0.4) is 0 Å². The number of nitrogens with zero attached hydrogens (tertiary/aromatic N) is 4. The Bertz CT molecular complexity index is 2580. The molecule has 4 aromatic rings. The van der Waals surface area contributed by atoms with Crippen LogP contribution in [0.15, 0.2) is 70.6 Å². The van der Waals surface area contributed by atoms with Crippen LogP contribution in [0.25, 0.3) is 33.5 Å². The molecule has 1 saturated heterocycles. The van der Waals surface area contributed by atoms with E-state index in [1.54, 1.807) is 24.3 Å². The van der Waals surface area contributed by atoms with Crippen LogP contribution in [0, 0.1) is 11.8 Å². The molecule has 6 atom stereocenters. The summed E-state index contributed by atoms with van der Waals surface area (Å²) < 4.78 is 81.2. The van der Waals surface area contributed by atoms with Gasteiger partial charge in [-0.3, -0.25) is 24.1 Å². The van der Waals surface area contributed by atoms with Crippen molar-refractivity contribution >= 4 is 66.7 Å². The zero-order valence-electron chi connectivity index (χ0n) is 33.8. The first-order valence-corrected chi connectivity index (χ1v) is 23.5. The number of sulfonamides is 1. The zero-order valence-corrected chi connectivity index (χ0v) is 35.5. The number of hydrogen-bond donors (Lipinski definition) is 3. The minimum Gasteiger partial charge on any atom is -0.470 e. The molecule has 3 amide bonds. The number of amides is 3. The van der Waals surface area contributed by atoms with Crippen molar-refractivity contribution < 1.29 is 45.1 Å². The number of likely N-dealkylation sites (tertiary alicyclic amines) is 1. The van der Waals surface area contributed by atoms with Gasteiger partial charge >= 0.3 is 6.18 Å². The van der Waals surface area contributed by atoms with Crippen LogP contribution in [-0.4, -0.2) is 93.5 Å². The minimum atomic E-state index is -4.55. The minimum absolute atomic E-state index is 0.0396. The van der Waals surface area contributed by atoms with E-state index in [0.29, 0.717) is 34.5 Å². The number of rotatable bonds is 12. The second-order valence-electron chi connectivity index (χ2n) is 17.0. The number of carbonyl (C=O) groups excluding carboxylic acids is 3. The first-order valence-electron chi connectivity index (χ1n) is 21.0. The smallest absolute Gasteiger partial charge is 0.416 e. The summed E-state index contributed by atoms with van der Waals surface area (Å²) in [5.41, 5.74) is -1.17. The van der Waals surface area contributed by atoms with Crippen molar-refractivity contribution in [2.75, 3.05) is 12.3 Å². The van der Waals surface area contributed by atoms with Crippen LogP contribution < -0.4 is 20.1 Å². The van der Waals surface area contributed by atoms with E-state index in [0.717, 1.165) is 50.0 Å². The van der Waals surface area contributed by atoms with Gasteiger partial charge in [0, 0.05) is 29.0 Å². The van der Waals surface area contributed by atoms with Gasteiger partial charge in [-0.05, 0) is 69.2 Å². The fraction of sp³-hybridized carbons (Fsp3) is 0.488. The van der Waals surface area contributed by atoms with Gasteiger partial charge in [-0.1, -0.05) is 61.4 Å². The maximum absolute atomic E-state index is 15.1. The maximum atomic E-state index is 15.1. The fourth-order valence-electron chi connectivity index (χ4n) is 8.85. The van der Waals surface area contributed by atoms with E-state index >= 15 is 4.79 Å². The highest BCUT2D eigenvalue weighted by molar-refractivity contribution is 8.14. The molecule has 3 saturated carbocycles. The number of benzene rings is 2. The first kappa shape index (κ1) is 42.1. The molecule has 19 heteroatoms. The molecule has 3 N–H and O–H groups in total. The summed E-state index contributed by atoms with van der Waals surface area (Å²) in [5.74, 6) is -1.70. The first-order chi connectivity index (χ1) is 29.6. The average Bonchev–Trinajstić information content (AvgIpc) is 4.11. The third-order valence-corrected chi connectivity index (χ3v) is 15.5. The quantitative estimate of drug-likeness (QED) is 0.140. The molecular weight excluding hydrogens is 848 g/mol. The lowest BCUT2D eigenvalue weighted by Gasteiger charge is -2.35. The summed E-state index contributed by atoms with van der Waals surface area (Å²) >= 11 is 1.53. The number of alkyl halides is 3. The molecule has 4 heterocycles. The summed E-state index contributed by atoms with van der Waals surface area (Å²) in [6, 6.07) is 9.68. The number of aliphatic imine (C=N–C) groups is 1. The van der Waals surface area contributed by atoms with Crippen molar-refractivity contribution in [1.29, 1.82) is 0 Å². The van der Waals surface area contributed by atoms with Crippen LogP contribution >= 0.6 is 11.8 Å². The van der Waals surface area contributed by atoms with E-state index in [2.05, 4.69) is 31.9 Å². The van der Waals surface area contributed by atoms with Crippen LogP contribution in [-0.2, 0) is 30.6 Å². The number of ether oxygens (including phenoxy) is 1. The van der Waals surface area contributed by atoms with Crippen molar-refractivity contribution in [3.05, 3.63) is 66.7 Å². The normalized spacial score (nSPS) is 25.9. The molecule has 1 unspecified atom stereocenters. The molecule has 328 valence electrons. The SMILES string of the molecule is C=C[C@@H]1C[C@]1(NC(=O)[C@@H]1C[C@@H](Oc2nc(-c3ccc(C(F)(F)F)cc3)nc3c2oc2ccccc23)CN1C(=O)[C@@H](NC1=NC(C)CS1)C1CCCCC1)C(=O)NS(=O)(=O)C1CC1. The van der Waals surface area contributed by atoms with E-state index in [4.69, 9.17) is 14.1 Å². The highest BCUT2D eigenvalue weighted by atomic mass is 32.2. The molecule has 2 aromatic heterocycles. The average molecular weight is 894 g/mol. The molecule has 62 heavy (non-hydrogen) atoms. The standard InChI is InChI=1S/C43H46F3N7O7S2/c1-3-26-20-42(26,40(56)52-62(57,58)29-17-18-29)51-37(54)31-19-28(21-53(31)39(55)33(24-9-5-4-6-10-24)49-41-47-23(2)22-61-41)59-38-35-34(30-11-7-8-12-32(30)60-35)48-36(50-38)25-13-15-27(16-14-25)43(44,45)46/h3,7-8,11-16,23-24,26,28-29,31,33H,1,4-6,9-10,17-22H2,2H3,(H,47,49)(H,51,54)(H,52,56)/t23?,26-,28-,31+,33+,42-/m1/s1. The summed E-state index contributed by atoms with van der Waals surface area (Å²) in [6.45, 7) is 5.72. The summed E-state index contributed by atoms with van der Waals surface area (Å²) in [5, 5.41) is 6.87. The highest BCUT2D eigenvalue weighted by Crippen LogP contribution is 2.46. The van der Waals surface area contributed by atoms with Gasteiger partial charge in [0.1, 0.15) is 34.8 Å². The third-order valence-electron chi connectivity index (χ3n) is 12.5. The van der Waals surface area contributed by atoms with Crippen molar-refractivity contribution in [1.82, 2.24) is 30.2 Å². The second kappa shape index (κ2) is 16.2. The molecule has 14 nitrogen and oxygen atoms in total. The van der Waals surface area contributed by atoms with Crippen LogP contribution in [0.2, 0.25) is 0 Å². The topological polar surface area (TPSA) is 185 Å². The van der Waals surface area contributed by atoms with Crippen molar-refractivity contribution in [2.45, 2.75) is 106 Å². The molecule has 5 aliphatic rings. The van der Waals surface area contributed by atoms with Gasteiger partial charge in [0.15, 0.2) is 11.0 Å². The molecule has 0 bridgehead atoms. The van der Waals surface area contributed by atoms with Crippen LogP contribution in [0.5, 0.6) is 5.88 Å². The number of furan rings is 1. The number of nitrogens with one attached hydrogen (secondary N) is 3. The second-order valence-corrected chi connectivity index (χ2v) is 20.0. The van der Waals surface area contributed by atoms with Gasteiger partial charge in [0.05, 0.1) is 23.4 Å². The lowest BCUT2D eigenvalue weighted by atomic mass is 9.83. The van der Waals surface area contributed by atoms with Gasteiger partial charge in [-0.15, -0.1) is 6.58 Å². The Balaban J connectivity index is 1.06. The maximum Gasteiger partial charge on any atom is 0.416 e. The Hall–Kier alpha value is -5.17. The lowest BCUT2D eigenvalue weighted by molar-refractivity contribution is -0.142. The molecular formula is C43H46F3N7O7S2. The van der Waals surface area contributed by atoms with Gasteiger partial charge < -0.3 is 24.7 Å². The summed E-state index contributed by atoms with van der Waals surface area (Å²) in [6.07, 6.45) is 1.51. The van der Waals surface area contributed by atoms with E-state index < -0.39 is 68.5 Å². The molecule has 9 rings (SSSR count). The predicted molar refractivity (Wildman–Crippen MR) is 226 cm³/mol. The van der Waals surface area contributed by atoms with E-state index in [1.807, 2.05) is 6.92 Å². The largest absolute Gasteiger partial charge is 0.470 e. The van der Waals surface area contributed by atoms with Crippen molar-refractivity contribution in [2.24, 2.45) is 16.8 Å². The van der Waals surface area contributed by atoms with E-state index in [9.17, 15) is 31.2 Å². The van der Waals surface area contributed by atoms with E-state index in [1.165, 1.54) is 34.9 Å². The van der Waals surface area contributed by atoms with Crippen molar-refractivity contribution in [3.8, 4) is 17.3 Å². The number of thioether (sulfide) groups is 1. The van der Waals surface area contributed by atoms with E-state index in [-0.39, 0.29) is 60.1 Å².